The summed E-state index contributed by atoms with van der Waals surface area (Å²) in [4.78, 5) is 57.6. The molecule has 0 bridgehead atoms. The van der Waals surface area contributed by atoms with Crippen LogP contribution in [0.2, 0.25) is 0 Å². The maximum absolute atomic E-state index is 12.9. The molecule has 5 heterocycles. The summed E-state index contributed by atoms with van der Waals surface area (Å²) in [6.07, 6.45) is 6.14. The maximum atomic E-state index is 12.9. The van der Waals surface area contributed by atoms with E-state index < -0.39 is 10.4 Å². The predicted octanol–water partition coefficient (Wildman–Crippen LogP) is 8.15. The van der Waals surface area contributed by atoms with Crippen LogP contribution in [0.15, 0.2) is 128 Å². The number of nitrogens with two attached hydrogens (primary N) is 3. The van der Waals surface area contributed by atoms with Crippen LogP contribution in [0, 0.1) is 17.0 Å². The van der Waals surface area contributed by atoms with Crippen molar-refractivity contribution >= 4 is 79.9 Å². The van der Waals surface area contributed by atoms with E-state index in [1.54, 1.807) is 17.3 Å². The molecule has 4 aromatic carbocycles. The Balaban J connectivity index is 0.000000177. The number of halogens is 1. The molecule has 21 nitrogen and oxygen atoms in total. The average molecular weight is 909 g/mol. The van der Waals surface area contributed by atoms with E-state index in [1.807, 2.05) is 94.9 Å². The van der Waals surface area contributed by atoms with Crippen LogP contribution < -0.4 is 32.6 Å². The van der Waals surface area contributed by atoms with Crippen molar-refractivity contribution in [3.05, 3.63) is 150 Å². The molecule has 0 atom stereocenters. The molecule has 334 valence electrons. The highest BCUT2D eigenvalue weighted by molar-refractivity contribution is 6.61. The highest BCUT2D eigenvalue weighted by Gasteiger charge is 2.22. The molecule has 9 aromatic rings. The van der Waals surface area contributed by atoms with Crippen LogP contribution in [0.25, 0.3) is 39.4 Å². The molecule has 0 saturated carbocycles. The number of anilines is 5. The molecule has 0 aliphatic carbocycles. The van der Waals surface area contributed by atoms with Crippen LogP contribution in [0.3, 0.4) is 0 Å². The summed E-state index contributed by atoms with van der Waals surface area (Å²) in [5.74, 6) is 1.46. The van der Waals surface area contributed by atoms with Gasteiger partial charge in [0.15, 0.2) is 34.0 Å². The first-order valence-electron chi connectivity index (χ1n) is 19.7. The minimum Gasteiger partial charge on any atom is -0.414 e. The van der Waals surface area contributed by atoms with E-state index in [2.05, 4.69) is 66.0 Å². The van der Waals surface area contributed by atoms with E-state index in [1.165, 1.54) is 36.9 Å². The second-order valence-electron chi connectivity index (χ2n) is 15.3. The van der Waals surface area contributed by atoms with E-state index in [9.17, 15) is 19.7 Å². The number of hydrogen-bond acceptors (Lipinski definition) is 15. The van der Waals surface area contributed by atoms with Gasteiger partial charge in [-0.1, -0.05) is 38.5 Å². The number of aryl methyl sites for hydroxylation is 1. The highest BCUT2D eigenvalue weighted by Crippen LogP contribution is 2.27. The van der Waals surface area contributed by atoms with Gasteiger partial charge in [-0.05, 0) is 79.7 Å². The number of imidazole rings is 2. The van der Waals surface area contributed by atoms with Crippen molar-refractivity contribution in [2.24, 2.45) is 0 Å². The number of carbonyl (C=O) groups is 2. The number of ether oxygens (including phenoxy) is 1. The number of rotatable bonds is 7. The number of benzene rings is 4. The predicted molar refractivity (Wildman–Crippen MR) is 251 cm³/mol. The van der Waals surface area contributed by atoms with Crippen molar-refractivity contribution in [2.45, 2.75) is 33.1 Å². The smallest absolute Gasteiger partial charge is 0.409 e. The number of hydrogen-bond donors (Lipinski definition) is 5. The largest absolute Gasteiger partial charge is 0.414 e. The van der Waals surface area contributed by atoms with E-state index in [0.29, 0.717) is 51.2 Å². The molecule has 22 heteroatoms. The van der Waals surface area contributed by atoms with E-state index in [4.69, 9.17) is 33.9 Å². The molecule has 0 fully saturated rings. The van der Waals surface area contributed by atoms with Crippen molar-refractivity contribution in [3.63, 3.8) is 0 Å². The monoisotopic (exact) mass is 908 g/mol. The Bertz CT molecular complexity index is 3160. The van der Waals surface area contributed by atoms with Gasteiger partial charge < -0.3 is 27.3 Å². The van der Waals surface area contributed by atoms with Gasteiger partial charge in [0.25, 0.3) is 5.69 Å². The lowest BCUT2D eigenvalue weighted by molar-refractivity contribution is -0.384. The number of aromatic nitrogens is 10. The van der Waals surface area contributed by atoms with Gasteiger partial charge in [0.2, 0.25) is 0 Å². The number of carbonyl (C=O) groups excluding carboxylic acids is 2. The van der Waals surface area contributed by atoms with Crippen LogP contribution in [-0.4, -0.2) is 65.2 Å². The standard InChI is InChI=1S/C26H27N9O.C11H10N6.C7H4ClNO4/c1-16-5-9-19(10-6-16)35-21(13-20(33-35)26(2,3)4)32-25(36)31-17-7-11-18(12-8-17)34-15-30-22-23(27)28-14-29-24(22)34;12-7-1-3-8(4-2-7)17-6-16-9-10(13)14-5-15-11(9)17;8-7(10)13-6-3-1-5(2-4-6)9(11)12/h5-15H,1-4H3,(H2,27,28,29)(H2,31,32,36);1-6H,12H2,(H2,13,14,15);1-4H. The molecule has 0 spiro atoms. The number of amides is 2. The Hall–Kier alpha value is -8.98. The topological polar surface area (TPSA) is 294 Å². The van der Waals surface area contributed by atoms with E-state index >= 15 is 0 Å². The summed E-state index contributed by atoms with van der Waals surface area (Å²) in [6, 6.07) is 29.3. The van der Waals surface area contributed by atoms with Gasteiger partial charge in [-0.3, -0.25) is 24.6 Å². The molecule has 66 heavy (non-hydrogen) atoms. The van der Waals surface area contributed by atoms with Gasteiger partial charge in [-0.25, -0.2) is 44.2 Å². The molecule has 2 amide bonds. The van der Waals surface area contributed by atoms with Crippen LogP contribution in [0.4, 0.5) is 44.1 Å². The molecule has 0 unspecified atom stereocenters. The summed E-state index contributed by atoms with van der Waals surface area (Å²) >= 11 is 4.92. The molecule has 0 aliphatic heterocycles. The second-order valence-corrected chi connectivity index (χ2v) is 15.6. The third-order valence-corrected chi connectivity index (χ3v) is 9.62. The molecule has 9 rings (SSSR count). The molecule has 0 aliphatic rings. The second kappa shape index (κ2) is 19.2. The Kier molecular flexibility index (Phi) is 13.1. The van der Waals surface area contributed by atoms with Crippen LogP contribution in [0.5, 0.6) is 5.75 Å². The van der Waals surface area contributed by atoms with Crippen LogP contribution in [-0.2, 0) is 5.41 Å². The number of fused-ring (bicyclic) bond motifs is 2. The number of nitro benzene ring substituents is 1. The Morgan fingerprint density at radius 1 is 0.697 bits per heavy atom. The highest BCUT2D eigenvalue weighted by atomic mass is 35.5. The molecule has 8 N–H and O–H groups in total. The fraction of sp³-hybridized carbons (Fsp3) is 0.114. The first kappa shape index (κ1) is 45.1. The lowest BCUT2D eigenvalue weighted by Crippen LogP contribution is -2.21. The quantitative estimate of drug-likeness (QED) is 0.0436. The number of nitrogens with zero attached hydrogens (tertiary/aromatic N) is 11. The number of urea groups is 1. The number of nitrogens with one attached hydrogen (secondary N) is 2. The number of nitrogen functional groups attached to an aromatic ring is 3. The van der Waals surface area contributed by atoms with Gasteiger partial charge in [-0.15, -0.1) is 0 Å². The first-order chi connectivity index (χ1) is 31.5. The molecule has 5 aromatic heterocycles. The summed E-state index contributed by atoms with van der Waals surface area (Å²) in [7, 11) is 0. The Morgan fingerprint density at radius 2 is 1.21 bits per heavy atom. The number of nitro groups is 1. The third kappa shape index (κ3) is 10.6. The van der Waals surface area contributed by atoms with Gasteiger partial charge in [0.1, 0.15) is 36.9 Å². The molecule has 0 saturated heterocycles. The van der Waals surface area contributed by atoms with Crippen LogP contribution in [0.1, 0.15) is 32.0 Å². The van der Waals surface area contributed by atoms with Gasteiger partial charge in [0, 0.05) is 58.0 Å². The summed E-state index contributed by atoms with van der Waals surface area (Å²) < 4.78 is 9.85. The van der Waals surface area contributed by atoms with Gasteiger partial charge in [-0.2, -0.15) is 5.10 Å². The lowest BCUT2D eigenvalue weighted by atomic mass is 9.92. The first-order valence-corrected chi connectivity index (χ1v) is 20.1. The molecular formula is C44H41ClN16O5. The zero-order valence-corrected chi connectivity index (χ0v) is 36.5. The third-order valence-electron chi connectivity index (χ3n) is 9.54. The molecular weight excluding hydrogens is 868 g/mol. The van der Waals surface area contributed by atoms with Crippen molar-refractivity contribution in [1.82, 2.24) is 48.8 Å². The summed E-state index contributed by atoms with van der Waals surface area (Å²) in [5, 5.41) is 20.8. The minimum absolute atomic E-state index is 0.0747. The maximum Gasteiger partial charge on any atom is 0.409 e. The van der Waals surface area contributed by atoms with Crippen molar-refractivity contribution < 1.29 is 19.2 Å². The summed E-state index contributed by atoms with van der Waals surface area (Å²) in [6.45, 7) is 8.29. The van der Waals surface area contributed by atoms with E-state index in [0.717, 1.165) is 28.3 Å². The fourth-order valence-corrected chi connectivity index (χ4v) is 6.24. The zero-order valence-electron chi connectivity index (χ0n) is 35.7. The van der Waals surface area contributed by atoms with E-state index in [-0.39, 0.29) is 22.9 Å². The van der Waals surface area contributed by atoms with Crippen molar-refractivity contribution in [1.29, 1.82) is 0 Å². The lowest BCUT2D eigenvalue weighted by Gasteiger charge is -2.14. The Labute approximate surface area is 380 Å². The van der Waals surface area contributed by atoms with Crippen LogP contribution >= 0.6 is 11.6 Å². The molecule has 0 radical (unpaired) electrons. The number of non-ortho nitro benzene ring substituents is 1. The normalized spacial score (nSPS) is 10.9. The summed E-state index contributed by atoms with van der Waals surface area (Å²) in [5.41, 5.74) is 24.5. The Morgan fingerprint density at radius 3 is 1.71 bits per heavy atom. The minimum atomic E-state index is -0.978. The average Bonchev–Trinajstić information content (AvgIpc) is 4.04. The fourth-order valence-electron chi connectivity index (χ4n) is 6.15. The van der Waals surface area contributed by atoms with Gasteiger partial charge >= 0.3 is 11.5 Å². The van der Waals surface area contributed by atoms with Crippen molar-refractivity contribution in [3.8, 4) is 22.8 Å². The SMILES string of the molecule is Cc1ccc(-n2nc(C(C)(C)C)cc2NC(=O)Nc2ccc(-n3cnc4c(N)ncnc43)cc2)cc1.Nc1ccc(-n2cnc3c(N)ncnc32)cc1.O=C(Cl)Oc1ccc([N+](=O)[O-])cc1. The zero-order chi connectivity index (χ0) is 47.1. The van der Waals surface area contributed by atoms with Crippen molar-refractivity contribution in [2.75, 3.05) is 27.8 Å². The van der Waals surface area contributed by atoms with Gasteiger partial charge in [0.05, 0.1) is 16.3 Å².